The lowest BCUT2D eigenvalue weighted by molar-refractivity contribution is -0.413. The maximum absolute atomic E-state index is 14.5. The van der Waals surface area contributed by atoms with Gasteiger partial charge >= 0.3 is 36.1 Å². The first-order valence-electron chi connectivity index (χ1n) is 8.00. The fraction of sp³-hybridized carbons (Fsp3) is 0.412. The van der Waals surface area contributed by atoms with Crippen molar-refractivity contribution in [2.75, 3.05) is 0 Å². The van der Waals surface area contributed by atoms with Gasteiger partial charge in [-0.25, -0.2) is 14.0 Å². The van der Waals surface area contributed by atoms with Gasteiger partial charge in [0.25, 0.3) is 5.67 Å². The van der Waals surface area contributed by atoms with Crippen LogP contribution in [0.25, 0.3) is 0 Å². The first-order valence-corrected chi connectivity index (χ1v) is 8.00. The molecule has 15 heteroatoms. The number of carbonyl (C=O) groups is 2. The molecule has 0 bridgehead atoms. The summed E-state index contributed by atoms with van der Waals surface area (Å²) in [5, 5.41) is 8.78. The molecule has 1 aromatic carbocycles. The molecule has 180 valence electrons. The second kappa shape index (κ2) is 8.58. The molecule has 0 aliphatic carbocycles. The minimum atomic E-state index is -7.19. The Kier molecular flexibility index (Phi) is 7.28. The van der Waals surface area contributed by atoms with Crippen LogP contribution in [0.4, 0.5) is 48.3 Å². The summed E-state index contributed by atoms with van der Waals surface area (Å²) in [5.41, 5.74) is -7.55. The zero-order valence-corrected chi connectivity index (χ0v) is 15.4. The Morgan fingerprint density at radius 3 is 1.72 bits per heavy atom. The number of benzene rings is 1. The normalized spacial score (nSPS) is 15.0. The molecule has 1 atom stereocenters. The summed E-state index contributed by atoms with van der Waals surface area (Å²) in [7, 11) is 0. The van der Waals surface area contributed by atoms with E-state index in [2.05, 4.69) is 4.74 Å². The van der Waals surface area contributed by atoms with E-state index in [1.807, 2.05) is 0 Å². The highest BCUT2D eigenvalue weighted by atomic mass is 19.4. The summed E-state index contributed by atoms with van der Waals surface area (Å²) in [6.07, 6.45) is -14.8. The van der Waals surface area contributed by atoms with Crippen LogP contribution >= 0.6 is 0 Å². The van der Waals surface area contributed by atoms with Crippen molar-refractivity contribution in [3.63, 3.8) is 0 Å². The molecule has 0 aromatic heterocycles. The molecule has 4 nitrogen and oxygen atoms in total. The van der Waals surface area contributed by atoms with E-state index in [9.17, 15) is 57.9 Å². The molecular weight excluding hydrogens is 477 g/mol. The van der Waals surface area contributed by atoms with E-state index in [1.54, 1.807) is 0 Å². The van der Waals surface area contributed by atoms with Gasteiger partial charge in [-0.2, -0.15) is 43.9 Å². The Balaban J connectivity index is 3.32. The van der Waals surface area contributed by atoms with E-state index in [-0.39, 0.29) is 19.3 Å². The van der Waals surface area contributed by atoms with Gasteiger partial charge < -0.3 is 9.84 Å². The lowest BCUT2D eigenvalue weighted by Gasteiger charge is -2.42. The lowest BCUT2D eigenvalue weighted by atomic mass is 9.78. The predicted octanol–water partition coefficient (Wildman–Crippen LogP) is 5.79. The number of rotatable bonds is 7. The monoisotopic (exact) mass is 488 g/mol. The Bertz CT molecular complexity index is 861. The molecule has 0 spiro atoms. The molecule has 1 rings (SSSR count). The third kappa shape index (κ3) is 4.65. The molecule has 0 saturated carbocycles. The largest absolute Gasteiger partial charge is 0.478 e. The van der Waals surface area contributed by atoms with E-state index >= 15 is 0 Å². The Hall–Kier alpha value is -2.87. The SMILES string of the molecule is CC(C=COC(=O)c1cccc(C(=O)O)c1)C(F)(C(F)(F)C(F)(F)F)C(F)(F)C(F)(F)F. The molecule has 0 saturated heterocycles. The summed E-state index contributed by atoms with van der Waals surface area (Å²) in [6, 6.07) is 3.72. The zero-order chi connectivity index (χ0) is 25.3. The van der Waals surface area contributed by atoms with Gasteiger partial charge in [0.05, 0.1) is 17.4 Å². The summed E-state index contributed by atoms with van der Waals surface area (Å²) in [4.78, 5) is 22.6. The topological polar surface area (TPSA) is 63.6 Å². The summed E-state index contributed by atoms with van der Waals surface area (Å²) < 4.78 is 148. The number of hydrogen-bond donors (Lipinski definition) is 1. The first kappa shape index (κ1) is 27.2. The van der Waals surface area contributed by atoms with Crippen LogP contribution in [0.3, 0.4) is 0 Å². The highest BCUT2D eigenvalue weighted by Gasteiger charge is 2.87. The first-order chi connectivity index (χ1) is 14.2. The smallest absolute Gasteiger partial charge is 0.457 e. The van der Waals surface area contributed by atoms with Gasteiger partial charge in [-0.1, -0.05) is 13.0 Å². The van der Waals surface area contributed by atoms with Crippen LogP contribution in [-0.4, -0.2) is 46.9 Å². The van der Waals surface area contributed by atoms with Crippen LogP contribution in [0.2, 0.25) is 0 Å². The number of carboxylic acids is 1. The van der Waals surface area contributed by atoms with Crippen molar-refractivity contribution in [2.45, 2.75) is 36.8 Å². The Morgan fingerprint density at radius 2 is 1.31 bits per heavy atom. The standard InChI is InChI=1S/C17H11F11O4/c1-8(5-6-32-12(31)10-4-2-3-9(7-10)11(29)30)13(18,14(19,20)16(23,24)25)15(21,22)17(26,27)28/h2-8H,1H3,(H,29,30). The van der Waals surface area contributed by atoms with Crippen LogP contribution in [0.15, 0.2) is 36.6 Å². The maximum atomic E-state index is 14.5. The molecule has 0 heterocycles. The number of ether oxygens (including phenoxy) is 1. The molecule has 0 radical (unpaired) electrons. The second-order valence-electron chi connectivity index (χ2n) is 6.26. The minimum absolute atomic E-state index is 0.144. The van der Waals surface area contributed by atoms with Gasteiger partial charge in [-0.15, -0.1) is 0 Å². The Labute approximate surface area is 171 Å². The van der Waals surface area contributed by atoms with Crippen molar-refractivity contribution in [3.05, 3.63) is 47.7 Å². The van der Waals surface area contributed by atoms with Crippen molar-refractivity contribution in [1.82, 2.24) is 0 Å². The fourth-order valence-corrected chi connectivity index (χ4v) is 2.38. The number of carboxylic acid groups (broad SMARTS) is 1. The number of hydrogen-bond acceptors (Lipinski definition) is 3. The van der Waals surface area contributed by atoms with Crippen molar-refractivity contribution >= 4 is 11.9 Å². The molecular formula is C17H11F11O4. The number of alkyl halides is 11. The van der Waals surface area contributed by atoms with Crippen LogP contribution in [0.5, 0.6) is 0 Å². The third-order valence-electron chi connectivity index (χ3n) is 4.14. The summed E-state index contributed by atoms with van der Waals surface area (Å²) >= 11 is 0. The number of esters is 1. The van der Waals surface area contributed by atoms with Crippen LogP contribution < -0.4 is 0 Å². The number of allylic oxidation sites excluding steroid dienone is 1. The predicted molar refractivity (Wildman–Crippen MR) is 83.0 cm³/mol. The molecule has 32 heavy (non-hydrogen) atoms. The Morgan fingerprint density at radius 1 is 0.875 bits per heavy atom. The highest BCUT2D eigenvalue weighted by molar-refractivity contribution is 5.94. The molecule has 0 aliphatic rings. The number of carbonyl (C=O) groups excluding carboxylic acids is 1. The van der Waals surface area contributed by atoms with E-state index in [1.165, 1.54) is 0 Å². The van der Waals surface area contributed by atoms with Crippen molar-refractivity contribution in [3.8, 4) is 0 Å². The molecule has 0 amide bonds. The van der Waals surface area contributed by atoms with E-state index in [0.29, 0.717) is 0 Å². The number of halogens is 11. The quantitative estimate of drug-likeness (QED) is 0.300. The second-order valence-corrected chi connectivity index (χ2v) is 6.26. The summed E-state index contributed by atoms with van der Waals surface area (Å²) in [5.74, 6) is -20.9. The third-order valence-corrected chi connectivity index (χ3v) is 4.14. The van der Waals surface area contributed by atoms with Crippen LogP contribution in [0, 0.1) is 5.92 Å². The maximum Gasteiger partial charge on any atom is 0.457 e. The van der Waals surface area contributed by atoms with Gasteiger partial charge in [-0.05, 0) is 24.3 Å². The number of aromatic carboxylic acids is 1. The van der Waals surface area contributed by atoms with Gasteiger partial charge in [0, 0.05) is 5.92 Å². The average Bonchev–Trinajstić information content (AvgIpc) is 2.64. The van der Waals surface area contributed by atoms with Gasteiger partial charge in [0.2, 0.25) is 0 Å². The van der Waals surface area contributed by atoms with Crippen molar-refractivity contribution < 1.29 is 67.7 Å². The molecule has 0 fully saturated rings. The molecule has 1 N–H and O–H groups in total. The van der Waals surface area contributed by atoms with Gasteiger partial charge in [0.15, 0.2) is 0 Å². The minimum Gasteiger partial charge on any atom is -0.478 e. The summed E-state index contributed by atoms with van der Waals surface area (Å²) in [6.45, 7) is -0.144. The zero-order valence-electron chi connectivity index (χ0n) is 15.4. The average molecular weight is 488 g/mol. The van der Waals surface area contributed by atoms with Gasteiger partial charge in [-0.3, -0.25) is 0 Å². The highest BCUT2D eigenvalue weighted by Crippen LogP contribution is 2.60. The molecule has 0 aliphatic heterocycles. The molecule has 1 unspecified atom stereocenters. The van der Waals surface area contributed by atoms with E-state index in [0.717, 1.165) is 24.3 Å². The van der Waals surface area contributed by atoms with Crippen molar-refractivity contribution in [1.29, 1.82) is 0 Å². The van der Waals surface area contributed by atoms with Crippen LogP contribution in [0.1, 0.15) is 27.6 Å². The van der Waals surface area contributed by atoms with Crippen LogP contribution in [-0.2, 0) is 4.74 Å². The van der Waals surface area contributed by atoms with Gasteiger partial charge in [0.1, 0.15) is 0 Å². The fourth-order valence-electron chi connectivity index (χ4n) is 2.38. The lowest BCUT2D eigenvalue weighted by Crippen LogP contribution is -2.70. The van der Waals surface area contributed by atoms with E-state index < -0.39 is 58.8 Å². The van der Waals surface area contributed by atoms with Crippen molar-refractivity contribution in [2.24, 2.45) is 5.92 Å². The van der Waals surface area contributed by atoms with E-state index in [4.69, 9.17) is 5.11 Å². The molecule has 1 aromatic rings.